The summed E-state index contributed by atoms with van der Waals surface area (Å²) in [6, 6.07) is 17.9. The Morgan fingerprint density at radius 3 is 2.52 bits per heavy atom. The topological polar surface area (TPSA) is 64.3 Å². The number of halogens is 2. The average Bonchev–Trinajstić information content (AvgIpc) is 3.11. The SMILES string of the molecule is O=C(O)c1ccc2c(cnn2Cc2cc(Cl)ccc2OCc2ccc(Cl)cc2)c1. The van der Waals surface area contributed by atoms with Gasteiger partial charge in [-0.3, -0.25) is 4.68 Å². The van der Waals surface area contributed by atoms with Crippen molar-refractivity contribution in [1.82, 2.24) is 9.78 Å². The molecule has 1 heterocycles. The number of ether oxygens (including phenoxy) is 1. The summed E-state index contributed by atoms with van der Waals surface area (Å²) in [5.74, 6) is -0.262. The highest BCUT2D eigenvalue weighted by Gasteiger charge is 2.11. The summed E-state index contributed by atoms with van der Waals surface area (Å²) in [7, 11) is 0. The first-order valence-electron chi connectivity index (χ1n) is 8.84. The first-order valence-corrected chi connectivity index (χ1v) is 9.60. The molecule has 1 N–H and O–H groups in total. The fourth-order valence-electron chi connectivity index (χ4n) is 3.06. The van der Waals surface area contributed by atoms with Gasteiger partial charge in [0.15, 0.2) is 0 Å². The van der Waals surface area contributed by atoms with Gasteiger partial charge in [0.25, 0.3) is 0 Å². The molecule has 0 radical (unpaired) electrons. The minimum Gasteiger partial charge on any atom is -0.489 e. The van der Waals surface area contributed by atoms with Gasteiger partial charge in [-0.05, 0) is 54.1 Å². The number of aromatic carboxylic acids is 1. The second-order valence-electron chi connectivity index (χ2n) is 6.55. The van der Waals surface area contributed by atoms with Crippen molar-refractivity contribution in [3.05, 3.63) is 93.6 Å². The summed E-state index contributed by atoms with van der Waals surface area (Å²) < 4.78 is 7.80. The number of nitrogens with zero attached hydrogens (tertiary/aromatic N) is 2. The Hall–Kier alpha value is -3.02. The average molecular weight is 427 g/mol. The Morgan fingerprint density at radius 2 is 1.76 bits per heavy atom. The smallest absolute Gasteiger partial charge is 0.335 e. The quantitative estimate of drug-likeness (QED) is 0.431. The predicted molar refractivity (Wildman–Crippen MR) is 113 cm³/mol. The zero-order valence-electron chi connectivity index (χ0n) is 15.2. The van der Waals surface area contributed by atoms with Gasteiger partial charge < -0.3 is 9.84 Å². The highest BCUT2D eigenvalue weighted by atomic mass is 35.5. The van der Waals surface area contributed by atoms with Crippen LogP contribution in [0.1, 0.15) is 21.5 Å². The highest BCUT2D eigenvalue weighted by Crippen LogP contribution is 2.26. The van der Waals surface area contributed by atoms with E-state index >= 15 is 0 Å². The summed E-state index contributed by atoms with van der Waals surface area (Å²) in [6.07, 6.45) is 1.65. The van der Waals surface area contributed by atoms with Crippen LogP contribution in [-0.2, 0) is 13.2 Å². The number of carboxylic acids is 1. The number of rotatable bonds is 6. The molecule has 0 amide bonds. The van der Waals surface area contributed by atoms with Gasteiger partial charge in [0.1, 0.15) is 12.4 Å². The van der Waals surface area contributed by atoms with E-state index in [1.807, 2.05) is 36.4 Å². The Labute approximate surface area is 177 Å². The fourth-order valence-corrected chi connectivity index (χ4v) is 3.38. The lowest BCUT2D eigenvalue weighted by Gasteiger charge is -2.13. The maximum Gasteiger partial charge on any atom is 0.335 e. The molecule has 0 spiro atoms. The molecule has 0 aliphatic carbocycles. The molecule has 0 aliphatic heterocycles. The first-order chi connectivity index (χ1) is 14.0. The number of carboxylic acid groups (broad SMARTS) is 1. The van der Waals surface area contributed by atoms with Crippen molar-refractivity contribution in [3.8, 4) is 5.75 Å². The number of hydrogen-bond donors (Lipinski definition) is 1. The van der Waals surface area contributed by atoms with Gasteiger partial charge in [-0.25, -0.2) is 4.79 Å². The zero-order valence-corrected chi connectivity index (χ0v) is 16.7. The Morgan fingerprint density at radius 1 is 1.00 bits per heavy atom. The van der Waals surface area contributed by atoms with Crippen LogP contribution in [0.5, 0.6) is 5.75 Å². The van der Waals surface area contributed by atoms with Crippen molar-refractivity contribution in [2.24, 2.45) is 0 Å². The summed E-state index contributed by atoms with van der Waals surface area (Å²) in [5, 5.41) is 15.6. The molecule has 0 saturated carbocycles. The molecule has 0 atom stereocenters. The molecule has 7 heteroatoms. The highest BCUT2D eigenvalue weighted by molar-refractivity contribution is 6.30. The molecule has 0 bridgehead atoms. The normalized spacial score (nSPS) is 11.0. The molecule has 4 aromatic rings. The van der Waals surface area contributed by atoms with E-state index in [1.54, 1.807) is 35.1 Å². The summed E-state index contributed by atoms with van der Waals surface area (Å²) in [4.78, 5) is 11.2. The molecular formula is C22H16Cl2N2O3. The second kappa shape index (κ2) is 8.15. The summed E-state index contributed by atoms with van der Waals surface area (Å²) in [6.45, 7) is 0.833. The molecule has 3 aromatic carbocycles. The predicted octanol–water partition coefficient (Wildman–Crippen LogP) is 5.67. The van der Waals surface area contributed by atoms with Crippen LogP contribution in [0.25, 0.3) is 10.9 Å². The van der Waals surface area contributed by atoms with Crippen LogP contribution >= 0.6 is 23.2 Å². The molecule has 29 heavy (non-hydrogen) atoms. The third-order valence-electron chi connectivity index (χ3n) is 4.54. The second-order valence-corrected chi connectivity index (χ2v) is 7.42. The van der Waals surface area contributed by atoms with Crippen LogP contribution in [0.3, 0.4) is 0 Å². The number of carbonyl (C=O) groups is 1. The monoisotopic (exact) mass is 426 g/mol. The first kappa shape index (κ1) is 19.3. The molecular weight excluding hydrogens is 411 g/mol. The van der Waals surface area contributed by atoms with Crippen LogP contribution in [0, 0.1) is 0 Å². The van der Waals surface area contributed by atoms with Gasteiger partial charge in [-0.1, -0.05) is 35.3 Å². The van der Waals surface area contributed by atoms with E-state index in [9.17, 15) is 4.79 Å². The lowest BCUT2D eigenvalue weighted by atomic mass is 10.1. The van der Waals surface area contributed by atoms with E-state index < -0.39 is 5.97 Å². The summed E-state index contributed by atoms with van der Waals surface area (Å²) >= 11 is 12.1. The fraction of sp³-hybridized carbons (Fsp3) is 0.0909. The zero-order chi connectivity index (χ0) is 20.4. The van der Waals surface area contributed by atoms with Crippen LogP contribution in [0.4, 0.5) is 0 Å². The maximum atomic E-state index is 11.2. The number of hydrogen-bond acceptors (Lipinski definition) is 3. The molecule has 0 saturated heterocycles. The van der Waals surface area contributed by atoms with Crippen molar-refractivity contribution in [2.45, 2.75) is 13.2 Å². The third-order valence-corrected chi connectivity index (χ3v) is 5.03. The molecule has 146 valence electrons. The van der Waals surface area contributed by atoms with Gasteiger partial charge in [0, 0.05) is 21.0 Å². The van der Waals surface area contributed by atoms with E-state index in [2.05, 4.69) is 5.10 Å². The van der Waals surface area contributed by atoms with Crippen molar-refractivity contribution in [3.63, 3.8) is 0 Å². The van der Waals surface area contributed by atoms with Gasteiger partial charge in [0.05, 0.1) is 23.8 Å². The van der Waals surface area contributed by atoms with Gasteiger partial charge in [-0.2, -0.15) is 5.10 Å². The van der Waals surface area contributed by atoms with Gasteiger partial charge >= 0.3 is 5.97 Å². The lowest BCUT2D eigenvalue weighted by molar-refractivity contribution is 0.0697. The van der Waals surface area contributed by atoms with Gasteiger partial charge in [-0.15, -0.1) is 0 Å². The van der Waals surface area contributed by atoms with E-state index in [1.165, 1.54) is 0 Å². The lowest BCUT2D eigenvalue weighted by Crippen LogP contribution is -2.05. The van der Waals surface area contributed by atoms with Crippen LogP contribution in [0.15, 0.2) is 66.9 Å². The van der Waals surface area contributed by atoms with Crippen LogP contribution < -0.4 is 4.74 Å². The largest absolute Gasteiger partial charge is 0.489 e. The number of benzene rings is 3. The van der Waals surface area contributed by atoms with E-state index in [0.29, 0.717) is 28.9 Å². The maximum absolute atomic E-state index is 11.2. The Bertz CT molecular complexity index is 1190. The minimum absolute atomic E-state index is 0.229. The van der Waals surface area contributed by atoms with Crippen molar-refractivity contribution < 1.29 is 14.6 Å². The molecule has 5 nitrogen and oxygen atoms in total. The van der Waals surface area contributed by atoms with E-state index in [4.69, 9.17) is 33.0 Å². The van der Waals surface area contributed by atoms with E-state index in [-0.39, 0.29) is 5.56 Å². The number of aromatic nitrogens is 2. The Balaban J connectivity index is 1.60. The molecule has 0 aliphatic rings. The number of fused-ring (bicyclic) bond motifs is 1. The molecule has 1 aromatic heterocycles. The van der Waals surface area contributed by atoms with Gasteiger partial charge in [0.2, 0.25) is 0 Å². The van der Waals surface area contributed by atoms with Crippen LogP contribution in [-0.4, -0.2) is 20.9 Å². The van der Waals surface area contributed by atoms with E-state index in [0.717, 1.165) is 22.0 Å². The molecule has 4 rings (SSSR count). The van der Waals surface area contributed by atoms with Crippen molar-refractivity contribution in [2.75, 3.05) is 0 Å². The summed E-state index contributed by atoms with van der Waals surface area (Å²) in [5.41, 5.74) is 2.94. The van der Waals surface area contributed by atoms with Crippen molar-refractivity contribution in [1.29, 1.82) is 0 Å². The van der Waals surface area contributed by atoms with Crippen molar-refractivity contribution >= 4 is 40.1 Å². The minimum atomic E-state index is -0.965. The molecule has 0 fully saturated rings. The third kappa shape index (κ3) is 4.36. The molecule has 0 unspecified atom stereocenters. The standard InChI is InChI=1S/C22H16Cl2N2O3/c23-18-4-1-14(2-5-18)13-29-21-8-6-19(24)10-17(21)12-26-20-7-3-15(22(27)28)9-16(20)11-25-26/h1-11H,12-13H2,(H,27,28). The van der Waals surface area contributed by atoms with Crippen LogP contribution in [0.2, 0.25) is 10.0 Å². The Kier molecular flexibility index (Phi) is 5.43.